The van der Waals surface area contributed by atoms with Gasteiger partial charge >= 0.3 is 0 Å². The van der Waals surface area contributed by atoms with Gasteiger partial charge in [-0.3, -0.25) is 0 Å². The molecule has 5 aromatic rings. The Hall–Kier alpha value is -3.85. The number of phenolic OH excluding ortho intramolecular Hbond substituents is 2. The van der Waals surface area contributed by atoms with E-state index in [1.165, 1.54) is 12.1 Å². The van der Waals surface area contributed by atoms with E-state index in [-0.39, 0.29) is 17.3 Å². The zero-order chi connectivity index (χ0) is 20.7. The van der Waals surface area contributed by atoms with E-state index in [1.54, 1.807) is 18.2 Å². The first kappa shape index (κ1) is 18.2. The molecule has 5 rings (SSSR count). The van der Waals surface area contributed by atoms with E-state index in [9.17, 15) is 14.6 Å². The van der Waals surface area contributed by atoms with Crippen molar-refractivity contribution in [2.24, 2.45) is 0 Å². The average Bonchev–Trinajstić information content (AvgIpc) is 2.77. The Balaban J connectivity index is 1.93. The fourth-order valence-corrected chi connectivity index (χ4v) is 4.34. The Kier molecular flexibility index (Phi) is 4.36. The highest BCUT2D eigenvalue weighted by atomic mass is 19.1. The molecule has 2 nitrogen and oxygen atoms in total. The van der Waals surface area contributed by atoms with Gasteiger partial charge in [0.25, 0.3) is 0 Å². The molecule has 0 bridgehead atoms. The molecule has 0 aliphatic heterocycles. The Bertz CT molecular complexity index is 1310. The third-order valence-electron chi connectivity index (χ3n) is 5.65. The molecule has 0 fully saturated rings. The van der Waals surface area contributed by atoms with Crippen molar-refractivity contribution >= 4 is 21.5 Å². The number of halogens is 1. The van der Waals surface area contributed by atoms with Crippen LogP contribution in [0.3, 0.4) is 0 Å². The van der Waals surface area contributed by atoms with Crippen molar-refractivity contribution < 1.29 is 14.6 Å². The van der Waals surface area contributed by atoms with Gasteiger partial charge in [-0.1, -0.05) is 72.8 Å². The third kappa shape index (κ3) is 2.96. The summed E-state index contributed by atoms with van der Waals surface area (Å²) < 4.78 is 14.3. The first-order valence-electron chi connectivity index (χ1n) is 9.80. The average molecular weight is 394 g/mol. The molecular formula is C27H19FO2. The van der Waals surface area contributed by atoms with Gasteiger partial charge in [0.05, 0.1) is 0 Å². The highest BCUT2D eigenvalue weighted by molar-refractivity contribution is 5.93. The van der Waals surface area contributed by atoms with E-state index in [0.717, 1.165) is 21.5 Å². The van der Waals surface area contributed by atoms with Gasteiger partial charge in [-0.25, -0.2) is 4.39 Å². The fourth-order valence-electron chi connectivity index (χ4n) is 4.34. The van der Waals surface area contributed by atoms with Crippen molar-refractivity contribution in [2.45, 2.75) is 5.92 Å². The first-order chi connectivity index (χ1) is 14.6. The summed E-state index contributed by atoms with van der Waals surface area (Å²) in [5, 5.41) is 25.6. The molecule has 0 amide bonds. The number of hydrogen-bond donors (Lipinski definition) is 2. The normalized spacial score (nSPS) is 11.4. The van der Waals surface area contributed by atoms with Gasteiger partial charge in [0, 0.05) is 17.0 Å². The minimum atomic E-state index is -0.558. The van der Waals surface area contributed by atoms with Crippen LogP contribution in [0.2, 0.25) is 0 Å². The van der Waals surface area contributed by atoms with E-state index in [1.807, 2.05) is 66.7 Å². The predicted molar refractivity (Wildman–Crippen MR) is 119 cm³/mol. The molecule has 30 heavy (non-hydrogen) atoms. The predicted octanol–water partition coefficient (Wildman–Crippen LogP) is 6.72. The van der Waals surface area contributed by atoms with E-state index in [2.05, 4.69) is 0 Å². The van der Waals surface area contributed by atoms with E-state index >= 15 is 0 Å². The monoisotopic (exact) mass is 394 g/mol. The van der Waals surface area contributed by atoms with Crippen molar-refractivity contribution in [2.75, 3.05) is 0 Å². The lowest BCUT2D eigenvalue weighted by Gasteiger charge is -2.24. The van der Waals surface area contributed by atoms with Crippen LogP contribution in [0.4, 0.5) is 4.39 Å². The SMILES string of the molecule is Oc1ccc2ccccc2c1C(c1cccc(F)c1)c1c(O)ccc2ccccc12. The Morgan fingerprint density at radius 3 is 1.63 bits per heavy atom. The summed E-state index contributed by atoms with van der Waals surface area (Å²) in [7, 11) is 0. The van der Waals surface area contributed by atoms with Crippen molar-refractivity contribution in [3.8, 4) is 11.5 Å². The lowest BCUT2D eigenvalue weighted by molar-refractivity contribution is 0.460. The number of fused-ring (bicyclic) bond motifs is 2. The topological polar surface area (TPSA) is 40.5 Å². The summed E-state index contributed by atoms with van der Waals surface area (Å²) in [5.74, 6) is -0.708. The van der Waals surface area contributed by atoms with Crippen LogP contribution in [0.15, 0.2) is 97.1 Å². The van der Waals surface area contributed by atoms with Crippen LogP contribution in [-0.2, 0) is 0 Å². The summed E-state index contributed by atoms with van der Waals surface area (Å²) in [6, 6.07) is 28.9. The van der Waals surface area contributed by atoms with Crippen LogP contribution in [0.5, 0.6) is 11.5 Å². The Morgan fingerprint density at radius 1 is 0.567 bits per heavy atom. The zero-order valence-corrected chi connectivity index (χ0v) is 16.1. The number of benzene rings is 5. The number of aromatic hydroxyl groups is 2. The Labute approximate surface area is 173 Å². The molecule has 0 spiro atoms. The van der Waals surface area contributed by atoms with Crippen molar-refractivity contribution in [3.05, 3.63) is 120 Å². The van der Waals surface area contributed by atoms with Crippen molar-refractivity contribution in [3.63, 3.8) is 0 Å². The van der Waals surface area contributed by atoms with Gasteiger partial charge in [-0.15, -0.1) is 0 Å². The van der Waals surface area contributed by atoms with Gasteiger partial charge in [0.1, 0.15) is 17.3 Å². The molecule has 0 aliphatic rings. The molecule has 0 aromatic heterocycles. The van der Waals surface area contributed by atoms with Gasteiger partial charge in [-0.05, 0) is 51.4 Å². The van der Waals surface area contributed by atoms with Crippen LogP contribution in [-0.4, -0.2) is 10.2 Å². The summed E-state index contributed by atoms with van der Waals surface area (Å²) in [6.45, 7) is 0. The van der Waals surface area contributed by atoms with E-state index in [0.29, 0.717) is 16.7 Å². The number of phenols is 2. The van der Waals surface area contributed by atoms with Crippen LogP contribution < -0.4 is 0 Å². The molecule has 0 atom stereocenters. The largest absolute Gasteiger partial charge is 0.508 e. The molecule has 0 saturated heterocycles. The molecular weight excluding hydrogens is 375 g/mol. The fraction of sp³-hybridized carbons (Fsp3) is 0.0370. The van der Waals surface area contributed by atoms with Crippen molar-refractivity contribution in [1.29, 1.82) is 0 Å². The smallest absolute Gasteiger partial charge is 0.123 e. The second-order valence-corrected chi connectivity index (χ2v) is 7.43. The van der Waals surface area contributed by atoms with Gasteiger partial charge in [0.15, 0.2) is 0 Å². The van der Waals surface area contributed by atoms with Gasteiger partial charge in [0.2, 0.25) is 0 Å². The minimum absolute atomic E-state index is 0.107. The lowest BCUT2D eigenvalue weighted by Crippen LogP contribution is -2.06. The molecule has 3 heteroatoms. The maximum Gasteiger partial charge on any atom is 0.123 e. The second kappa shape index (κ2) is 7.20. The van der Waals surface area contributed by atoms with E-state index < -0.39 is 5.92 Å². The van der Waals surface area contributed by atoms with Crippen molar-refractivity contribution in [1.82, 2.24) is 0 Å². The maximum absolute atomic E-state index is 14.3. The molecule has 5 aromatic carbocycles. The summed E-state index contributed by atoms with van der Waals surface area (Å²) in [5.41, 5.74) is 1.95. The molecule has 0 saturated carbocycles. The van der Waals surface area contributed by atoms with Crippen LogP contribution in [0.1, 0.15) is 22.6 Å². The lowest BCUT2D eigenvalue weighted by atomic mass is 9.80. The maximum atomic E-state index is 14.3. The molecule has 0 aliphatic carbocycles. The second-order valence-electron chi connectivity index (χ2n) is 7.43. The molecule has 0 radical (unpaired) electrons. The standard InChI is InChI=1S/C27H19FO2/c28-20-9-5-8-19(16-20)25(26-21-10-3-1-6-17(21)12-14-23(26)29)27-22-11-4-2-7-18(22)13-15-24(27)30/h1-16,25,29-30H. The van der Waals surface area contributed by atoms with E-state index in [4.69, 9.17) is 0 Å². The Morgan fingerprint density at radius 2 is 1.10 bits per heavy atom. The quantitative estimate of drug-likeness (QED) is 0.333. The molecule has 2 N–H and O–H groups in total. The summed E-state index contributed by atoms with van der Waals surface area (Å²) in [4.78, 5) is 0. The first-order valence-corrected chi connectivity index (χ1v) is 9.80. The molecule has 0 unspecified atom stereocenters. The number of rotatable bonds is 3. The minimum Gasteiger partial charge on any atom is -0.508 e. The van der Waals surface area contributed by atoms with Crippen LogP contribution >= 0.6 is 0 Å². The van der Waals surface area contributed by atoms with Gasteiger partial charge < -0.3 is 10.2 Å². The highest BCUT2D eigenvalue weighted by Crippen LogP contribution is 2.46. The van der Waals surface area contributed by atoms with Gasteiger partial charge in [-0.2, -0.15) is 0 Å². The third-order valence-corrected chi connectivity index (χ3v) is 5.65. The van der Waals surface area contributed by atoms with Crippen LogP contribution in [0, 0.1) is 5.82 Å². The van der Waals surface area contributed by atoms with Crippen LogP contribution in [0.25, 0.3) is 21.5 Å². The molecule has 0 heterocycles. The summed E-state index contributed by atoms with van der Waals surface area (Å²) >= 11 is 0. The molecule has 146 valence electrons. The number of hydrogen-bond acceptors (Lipinski definition) is 2. The highest BCUT2D eigenvalue weighted by Gasteiger charge is 2.27. The summed E-state index contributed by atoms with van der Waals surface area (Å²) in [6.07, 6.45) is 0. The zero-order valence-electron chi connectivity index (χ0n) is 16.1.